The van der Waals surface area contributed by atoms with Crippen molar-refractivity contribution >= 4 is 21.2 Å². The Labute approximate surface area is 132 Å². The van der Waals surface area contributed by atoms with Gasteiger partial charge in [-0.05, 0) is 27.2 Å². The minimum Gasteiger partial charge on any atom is -0.303 e. The molecule has 0 bridgehead atoms. The Bertz CT molecular complexity index is 629. The molecule has 1 N–H and O–H groups in total. The van der Waals surface area contributed by atoms with Gasteiger partial charge >= 0.3 is 0 Å². The van der Waals surface area contributed by atoms with Gasteiger partial charge in [-0.15, -0.1) is 11.3 Å². The third kappa shape index (κ3) is 3.85. The van der Waals surface area contributed by atoms with Gasteiger partial charge in [0, 0.05) is 21.9 Å². The van der Waals surface area contributed by atoms with Gasteiger partial charge in [-0.1, -0.05) is 20.8 Å². The topological polar surface area (TPSA) is 59.1 Å². The molecule has 0 aromatic carbocycles. The molecule has 1 aliphatic heterocycles. The van der Waals surface area contributed by atoms with Crippen LogP contribution in [0.4, 0.5) is 0 Å². The summed E-state index contributed by atoms with van der Waals surface area (Å²) in [6.07, 6.45) is 0.684. The molecule has 2 rings (SSSR count). The molecule has 1 aliphatic rings. The van der Waals surface area contributed by atoms with Crippen LogP contribution in [0.3, 0.4) is 0 Å². The second kappa shape index (κ2) is 5.32. The molecule has 1 saturated heterocycles. The number of thiazole rings is 1. The highest BCUT2D eigenvalue weighted by Crippen LogP contribution is 2.34. The number of aromatic nitrogens is 1. The van der Waals surface area contributed by atoms with E-state index in [1.54, 1.807) is 11.3 Å². The molecular formula is C15H26N2O2S2. The van der Waals surface area contributed by atoms with Gasteiger partial charge in [-0.25, -0.2) is 13.4 Å². The van der Waals surface area contributed by atoms with Crippen LogP contribution in [0.15, 0.2) is 0 Å². The number of hydrogen-bond acceptors (Lipinski definition) is 5. The van der Waals surface area contributed by atoms with Crippen LogP contribution < -0.4 is 5.32 Å². The molecule has 21 heavy (non-hydrogen) atoms. The fourth-order valence-corrected chi connectivity index (χ4v) is 6.07. The van der Waals surface area contributed by atoms with Crippen molar-refractivity contribution in [3.8, 4) is 0 Å². The molecule has 0 aliphatic carbocycles. The zero-order valence-electron chi connectivity index (χ0n) is 13.8. The molecule has 2 atom stereocenters. The maximum atomic E-state index is 11.7. The fourth-order valence-electron chi connectivity index (χ4n) is 2.84. The summed E-state index contributed by atoms with van der Waals surface area (Å²) in [5, 5.41) is 4.66. The quantitative estimate of drug-likeness (QED) is 0.925. The van der Waals surface area contributed by atoms with E-state index in [4.69, 9.17) is 0 Å². The Morgan fingerprint density at radius 3 is 2.43 bits per heavy atom. The highest BCUT2D eigenvalue weighted by molar-refractivity contribution is 7.91. The van der Waals surface area contributed by atoms with Gasteiger partial charge in [-0.2, -0.15) is 0 Å². The van der Waals surface area contributed by atoms with Crippen LogP contribution in [-0.2, 0) is 15.3 Å². The molecule has 0 saturated carbocycles. The zero-order valence-corrected chi connectivity index (χ0v) is 15.4. The Kier molecular flexibility index (Phi) is 4.28. The SMILES string of the molecule is Cc1nc(C(C)(C)C)sc1C(C)NC1(C)CCS(=O)(=O)C1. The van der Waals surface area contributed by atoms with Gasteiger partial charge in [0.25, 0.3) is 0 Å². The summed E-state index contributed by atoms with van der Waals surface area (Å²) in [5.41, 5.74) is 0.777. The number of aryl methyl sites for hydroxylation is 1. The summed E-state index contributed by atoms with van der Waals surface area (Å²) >= 11 is 1.73. The zero-order chi connectivity index (χ0) is 16.1. The minimum absolute atomic E-state index is 0.0496. The normalized spacial score (nSPS) is 27.0. The van der Waals surface area contributed by atoms with Crippen molar-refractivity contribution in [3.63, 3.8) is 0 Å². The second-order valence-electron chi connectivity index (χ2n) is 7.49. The Balaban J connectivity index is 2.18. The van der Waals surface area contributed by atoms with Gasteiger partial charge in [0.2, 0.25) is 0 Å². The molecule has 2 heterocycles. The molecule has 6 heteroatoms. The Morgan fingerprint density at radius 2 is 2.00 bits per heavy atom. The standard InChI is InChI=1S/C15H26N2O2S2/c1-10-12(20-13(16-10)14(3,4)5)11(2)17-15(6)7-8-21(18,19)9-15/h11,17H,7-9H2,1-6H3. The van der Waals surface area contributed by atoms with E-state index in [1.807, 2.05) is 13.8 Å². The second-order valence-corrected chi connectivity index (χ2v) is 10.7. The van der Waals surface area contributed by atoms with Gasteiger partial charge in [0.1, 0.15) is 0 Å². The number of sulfone groups is 1. The van der Waals surface area contributed by atoms with Crippen molar-refractivity contribution in [2.24, 2.45) is 0 Å². The summed E-state index contributed by atoms with van der Waals surface area (Å²) in [7, 11) is -2.88. The van der Waals surface area contributed by atoms with E-state index >= 15 is 0 Å². The molecule has 0 spiro atoms. The van der Waals surface area contributed by atoms with Crippen molar-refractivity contribution in [1.29, 1.82) is 0 Å². The van der Waals surface area contributed by atoms with Crippen LogP contribution in [0.2, 0.25) is 0 Å². The average molecular weight is 331 g/mol. The van der Waals surface area contributed by atoms with Crippen molar-refractivity contribution in [3.05, 3.63) is 15.6 Å². The molecule has 0 radical (unpaired) electrons. The first-order valence-corrected chi connectivity index (χ1v) is 10.0. The third-order valence-corrected chi connectivity index (χ3v) is 7.60. The van der Waals surface area contributed by atoms with Crippen molar-refractivity contribution in [2.75, 3.05) is 11.5 Å². The van der Waals surface area contributed by atoms with Crippen LogP contribution in [0, 0.1) is 6.92 Å². The predicted molar refractivity (Wildman–Crippen MR) is 88.8 cm³/mol. The van der Waals surface area contributed by atoms with E-state index in [0.717, 1.165) is 10.7 Å². The van der Waals surface area contributed by atoms with Crippen LogP contribution in [0.1, 0.15) is 62.7 Å². The largest absolute Gasteiger partial charge is 0.303 e. The van der Waals surface area contributed by atoms with Crippen molar-refractivity contribution in [1.82, 2.24) is 10.3 Å². The van der Waals surface area contributed by atoms with E-state index in [1.165, 1.54) is 4.88 Å². The number of nitrogens with one attached hydrogen (secondary N) is 1. The van der Waals surface area contributed by atoms with Crippen LogP contribution in [0.25, 0.3) is 0 Å². The highest BCUT2D eigenvalue weighted by Gasteiger charge is 2.39. The van der Waals surface area contributed by atoms with Gasteiger partial charge in [-0.3, -0.25) is 0 Å². The first kappa shape index (κ1) is 16.9. The van der Waals surface area contributed by atoms with E-state index in [2.05, 4.69) is 38.0 Å². The molecule has 120 valence electrons. The maximum absolute atomic E-state index is 11.7. The lowest BCUT2D eigenvalue weighted by Gasteiger charge is -2.28. The summed E-state index contributed by atoms with van der Waals surface area (Å²) in [5.74, 6) is 0.520. The number of rotatable bonds is 3. The van der Waals surface area contributed by atoms with Gasteiger partial charge < -0.3 is 5.32 Å². The van der Waals surface area contributed by atoms with Gasteiger partial charge in [0.05, 0.1) is 22.2 Å². The molecule has 1 fully saturated rings. The van der Waals surface area contributed by atoms with Gasteiger partial charge in [0.15, 0.2) is 9.84 Å². The smallest absolute Gasteiger partial charge is 0.152 e. The summed E-state index contributed by atoms with van der Waals surface area (Å²) < 4.78 is 23.4. The molecule has 0 amide bonds. The first-order chi connectivity index (χ1) is 9.42. The summed E-state index contributed by atoms with van der Waals surface area (Å²) in [4.78, 5) is 5.90. The number of hydrogen-bond donors (Lipinski definition) is 1. The lowest BCUT2D eigenvalue weighted by atomic mass is 9.98. The average Bonchev–Trinajstić information content (AvgIpc) is 2.79. The van der Waals surface area contributed by atoms with E-state index < -0.39 is 9.84 Å². The van der Waals surface area contributed by atoms with E-state index in [0.29, 0.717) is 6.42 Å². The Hall–Kier alpha value is -0.460. The Morgan fingerprint density at radius 1 is 1.38 bits per heavy atom. The molecule has 2 unspecified atom stereocenters. The van der Waals surface area contributed by atoms with E-state index in [9.17, 15) is 8.42 Å². The predicted octanol–water partition coefficient (Wildman–Crippen LogP) is 2.98. The van der Waals surface area contributed by atoms with Crippen molar-refractivity contribution in [2.45, 2.75) is 65.0 Å². The molecular weight excluding hydrogens is 304 g/mol. The number of nitrogens with zero attached hydrogens (tertiary/aromatic N) is 1. The monoisotopic (exact) mass is 330 g/mol. The third-order valence-electron chi connectivity index (χ3n) is 3.94. The van der Waals surface area contributed by atoms with Crippen LogP contribution >= 0.6 is 11.3 Å². The van der Waals surface area contributed by atoms with E-state index in [-0.39, 0.29) is 28.5 Å². The molecule has 1 aromatic heterocycles. The summed E-state index contributed by atoms with van der Waals surface area (Å²) in [6.45, 7) is 12.6. The minimum atomic E-state index is -2.88. The molecule has 1 aromatic rings. The highest BCUT2D eigenvalue weighted by atomic mass is 32.2. The summed E-state index contributed by atoms with van der Waals surface area (Å²) in [6, 6.07) is 0.122. The maximum Gasteiger partial charge on any atom is 0.152 e. The lowest BCUT2D eigenvalue weighted by Crippen LogP contribution is -2.44. The van der Waals surface area contributed by atoms with Crippen LogP contribution in [0.5, 0.6) is 0 Å². The fraction of sp³-hybridized carbons (Fsp3) is 0.800. The van der Waals surface area contributed by atoms with Crippen molar-refractivity contribution < 1.29 is 8.42 Å². The van der Waals surface area contributed by atoms with Crippen LogP contribution in [-0.4, -0.2) is 30.4 Å². The first-order valence-electron chi connectivity index (χ1n) is 7.38. The lowest BCUT2D eigenvalue weighted by molar-refractivity contribution is 0.357. The molecule has 4 nitrogen and oxygen atoms in total.